The van der Waals surface area contributed by atoms with Gasteiger partial charge in [-0.25, -0.2) is 0 Å². The van der Waals surface area contributed by atoms with Crippen molar-refractivity contribution >= 4 is 11.9 Å². The summed E-state index contributed by atoms with van der Waals surface area (Å²) in [6, 6.07) is 0. The molecule has 0 radical (unpaired) electrons. The molecule has 19 heavy (non-hydrogen) atoms. The fourth-order valence-electron chi connectivity index (χ4n) is 2.36. The van der Waals surface area contributed by atoms with Crippen LogP contribution in [-0.4, -0.2) is 31.7 Å². The van der Waals surface area contributed by atoms with Crippen molar-refractivity contribution in [1.29, 1.82) is 0 Å². The predicted molar refractivity (Wildman–Crippen MR) is 61.1 cm³/mol. The van der Waals surface area contributed by atoms with Crippen molar-refractivity contribution in [2.24, 2.45) is 11.8 Å². The van der Waals surface area contributed by atoms with Gasteiger partial charge in [0.05, 0.1) is 19.4 Å². The monoisotopic (exact) mass is 281 g/mol. The second-order valence-corrected chi connectivity index (χ2v) is 4.66. The van der Waals surface area contributed by atoms with Crippen LogP contribution >= 0.6 is 0 Å². The Labute approximate surface area is 109 Å². The average Bonchev–Trinajstić information content (AvgIpc) is 2.37. The van der Waals surface area contributed by atoms with Crippen LogP contribution in [0.2, 0.25) is 0 Å². The lowest BCUT2D eigenvalue weighted by molar-refractivity contribution is -0.198. The van der Waals surface area contributed by atoms with E-state index in [0.29, 0.717) is 12.8 Å². The summed E-state index contributed by atoms with van der Waals surface area (Å²) in [7, 11) is 1.21. The lowest BCUT2D eigenvalue weighted by Crippen LogP contribution is -2.43. The van der Waals surface area contributed by atoms with Gasteiger partial charge in [0.1, 0.15) is 0 Å². The summed E-state index contributed by atoms with van der Waals surface area (Å²) in [6.45, 7) is 0.00653. The fraction of sp³-hybridized carbons (Fsp3) is 0.833. The first-order chi connectivity index (χ1) is 8.86. The molecule has 2 unspecified atom stereocenters. The molecule has 2 atom stereocenters. The highest BCUT2D eigenvalue weighted by Crippen LogP contribution is 2.41. The van der Waals surface area contributed by atoms with E-state index in [2.05, 4.69) is 10.1 Å². The van der Waals surface area contributed by atoms with Crippen LogP contribution in [0.5, 0.6) is 0 Å². The minimum atomic E-state index is -4.34. The van der Waals surface area contributed by atoms with Gasteiger partial charge < -0.3 is 10.1 Å². The number of hydrogen-bond donors (Lipinski definition) is 1. The van der Waals surface area contributed by atoms with Gasteiger partial charge in [0, 0.05) is 12.5 Å². The minimum Gasteiger partial charge on any atom is -0.469 e. The van der Waals surface area contributed by atoms with Gasteiger partial charge in [-0.15, -0.1) is 0 Å². The maximum atomic E-state index is 12.8. The molecule has 0 spiro atoms. The summed E-state index contributed by atoms with van der Waals surface area (Å²) >= 11 is 0. The Morgan fingerprint density at radius 2 is 1.89 bits per heavy atom. The van der Waals surface area contributed by atoms with Gasteiger partial charge in [-0.1, -0.05) is 12.8 Å². The number of carbonyl (C=O) groups excluding carboxylic acids is 2. The first-order valence-corrected chi connectivity index (χ1v) is 6.27. The van der Waals surface area contributed by atoms with Crippen LogP contribution in [0.4, 0.5) is 13.2 Å². The third kappa shape index (κ3) is 4.72. The van der Waals surface area contributed by atoms with Crippen molar-refractivity contribution in [2.75, 3.05) is 13.7 Å². The van der Waals surface area contributed by atoms with Gasteiger partial charge in [0.15, 0.2) is 0 Å². The molecule has 1 amide bonds. The van der Waals surface area contributed by atoms with E-state index in [4.69, 9.17) is 0 Å². The molecule has 0 aliphatic heterocycles. The quantitative estimate of drug-likeness (QED) is 0.802. The van der Waals surface area contributed by atoms with E-state index < -0.39 is 29.9 Å². The van der Waals surface area contributed by atoms with Gasteiger partial charge >= 0.3 is 12.1 Å². The number of methoxy groups -OCH3 is 1. The maximum absolute atomic E-state index is 12.8. The van der Waals surface area contributed by atoms with E-state index in [0.717, 1.165) is 0 Å². The van der Waals surface area contributed by atoms with Crippen molar-refractivity contribution in [3.8, 4) is 0 Å². The van der Waals surface area contributed by atoms with Gasteiger partial charge in [-0.05, 0) is 12.8 Å². The second-order valence-electron chi connectivity index (χ2n) is 4.66. The maximum Gasteiger partial charge on any atom is 0.392 e. The Morgan fingerprint density at radius 1 is 1.26 bits per heavy atom. The first-order valence-electron chi connectivity index (χ1n) is 6.27. The largest absolute Gasteiger partial charge is 0.469 e. The molecule has 1 rings (SSSR count). The van der Waals surface area contributed by atoms with E-state index >= 15 is 0 Å². The van der Waals surface area contributed by atoms with Crippen molar-refractivity contribution < 1.29 is 27.5 Å². The number of halogens is 3. The Kier molecular flexibility index (Phi) is 5.62. The molecular formula is C12H18F3NO3. The molecule has 0 bridgehead atoms. The number of alkyl halides is 3. The number of ether oxygens (including phenoxy) is 1. The molecule has 7 heteroatoms. The van der Waals surface area contributed by atoms with Crippen LogP contribution in [-0.2, 0) is 14.3 Å². The SMILES string of the molecule is COC(=O)CCNC(=O)C1CCCCC1C(F)(F)F. The summed E-state index contributed by atoms with van der Waals surface area (Å²) in [5.74, 6) is -3.73. The first kappa shape index (κ1) is 15.8. The van der Waals surface area contributed by atoms with E-state index in [-0.39, 0.29) is 25.8 Å². The normalized spacial score (nSPS) is 23.8. The van der Waals surface area contributed by atoms with Crippen LogP contribution in [0.15, 0.2) is 0 Å². The fourth-order valence-corrected chi connectivity index (χ4v) is 2.36. The van der Waals surface area contributed by atoms with Crippen LogP contribution < -0.4 is 5.32 Å². The molecule has 1 N–H and O–H groups in total. The molecule has 1 fully saturated rings. The molecule has 1 aliphatic carbocycles. The topological polar surface area (TPSA) is 55.4 Å². The molecule has 0 aromatic carbocycles. The van der Waals surface area contributed by atoms with Gasteiger partial charge in [0.2, 0.25) is 5.91 Å². The van der Waals surface area contributed by atoms with Crippen molar-refractivity contribution in [2.45, 2.75) is 38.3 Å². The smallest absolute Gasteiger partial charge is 0.392 e. The summed E-state index contributed by atoms with van der Waals surface area (Å²) in [4.78, 5) is 22.6. The van der Waals surface area contributed by atoms with Gasteiger partial charge in [-0.2, -0.15) is 13.2 Å². The lowest BCUT2D eigenvalue weighted by atomic mass is 9.78. The zero-order chi connectivity index (χ0) is 14.5. The van der Waals surface area contributed by atoms with E-state index in [9.17, 15) is 22.8 Å². The lowest BCUT2D eigenvalue weighted by Gasteiger charge is -2.31. The van der Waals surface area contributed by atoms with Gasteiger partial charge in [-0.3, -0.25) is 9.59 Å². The second kappa shape index (κ2) is 6.77. The molecule has 0 aromatic rings. The molecule has 4 nitrogen and oxygen atoms in total. The summed E-state index contributed by atoms with van der Waals surface area (Å²) in [5, 5.41) is 2.38. The van der Waals surface area contributed by atoms with Crippen molar-refractivity contribution in [1.82, 2.24) is 5.32 Å². The molecule has 0 saturated heterocycles. The molecule has 0 aromatic heterocycles. The van der Waals surface area contributed by atoms with Crippen molar-refractivity contribution in [3.63, 3.8) is 0 Å². The summed E-state index contributed by atoms with van der Waals surface area (Å²) in [6.07, 6.45) is -3.01. The number of carbonyl (C=O) groups is 2. The molecule has 1 aliphatic rings. The third-order valence-corrected chi connectivity index (χ3v) is 3.38. The zero-order valence-electron chi connectivity index (χ0n) is 10.8. The van der Waals surface area contributed by atoms with Crippen LogP contribution in [0.3, 0.4) is 0 Å². The summed E-state index contributed by atoms with van der Waals surface area (Å²) < 4.78 is 42.8. The highest BCUT2D eigenvalue weighted by molar-refractivity contribution is 5.79. The molecule has 1 saturated carbocycles. The highest BCUT2D eigenvalue weighted by atomic mass is 19.4. The van der Waals surface area contributed by atoms with E-state index in [1.54, 1.807) is 0 Å². The van der Waals surface area contributed by atoms with Crippen LogP contribution in [0.25, 0.3) is 0 Å². The van der Waals surface area contributed by atoms with E-state index in [1.807, 2.05) is 0 Å². The Bertz CT molecular complexity index is 331. The number of esters is 1. The minimum absolute atomic E-state index is 0.00140. The Balaban J connectivity index is 2.51. The predicted octanol–water partition coefficient (Wildman–Crippen LogP) is 2.03. The Morgan fingerprint density at radius 3 is 2.47 bits per heavy atom. The molecular weight excluding hydrogens is 263 g/mol. The Hall–Kier alpha value is -1.27. The number of rotatable bonds is 4. The highest BCUT2D eigenvalue weighted by Gasteiger charge is 2.47. The third-order valence-electron chi connectivity index (χ3n) is 3.38. The summed E-state index contributed by atoms with van der Waals surface area (Å²) in [5.41, 5.74) is 0. The average molecular weight is 281 g/mol. The van der Waals surface area contributed by atoms with Crippen LogP contribution in [0.1, 0.15) is 32.1 Å². The van der Waals surface area contributed by atoms with Crippen molar-refractivity contribution in [3.05, 3.63) is 0 Å². The van der Waals surface area contributed by atoms with Crippen LogP contribution in [0, 0.1) is 11.8 Å². The number of nitrogens with one attached hydrogen (secondary N) is 1. The standard InChI is InChI=1S/C12H18F3NO3/c1-19-10(17)6-7-16-11(18)8-4-2-3-5-9(8)12(13,14)15/h8-9H,2-7H2,1H3,(H,16,18). The van der Waals surface area contributed by atoms with E-state index in [1.165, 1.54) is 7.11 Å². The molecule has 110 valence electrons. The number of hydrogen-bond acceptors (Lipinski definition) is 3. The zero-order valence-corrected chi connectivity index (χ0v) is 10.8. The molecule has 0 heterocycles. The van der Waals surface area contributed by atoms with Gasteiger partial charge in [0.25, 0.3) is 0 Å². The number of amides is 1.